The number of hydrogen-bond donors (Lipinski definition) is 1. The maximum atomic E-state index is 13.2. The Morgan fingerprint density at radius 3 is 2.88 bits per heavy atom. The second-order valence-electron chi connectivity index (χ2n) is 3.65. The van der Waals surface area contributed by atoms with Gasteiger partial charge >= 0.3 is 0 Å². The Hall–Kier alpha value is -1.09. The molecule has 1 rings (SSSR count). The number of benzene rings is 1. The molecule has 0 aromatic heterocycles. The summed E-state index contributed by atoms with van der Waals surface area (Å²) in [5.74, 6) is 0.182. The Labute approximate surface area is 99.8 Å². The van der Waals surface area contributed by atoms with Gasteiger partial charge in [-0.25, -0.2) is 4.39 Å². The highest BCUT2D eigenvalue weighted by molar-refractivity contribution is 6.17. The van der Waals surface area contributed by atoms with E-state index in [1.165, 1.54) is 6.07 Å². The van der Waals surface area contributed by atoms with E-state index in [1.54, 1.807) is 19.1 Å². The lowest BCUT2D eigenvalue weighted by Gasteiger charge is -2.05. The van der Waals surface area contributed by atoms with Crippen molar-refractivity contribution in [3.05, 3.63) is 35.1 Å². The third kappa shape index (κ3) is 4.19. The van der Waals surface area contributed by atoms with Crippen molar-refractivity contribution in [2.75, 3.05) is 5.88 Å². The van der Waals surface area contributed by atoms with Gasteiger partial charge in [-0.3, -0.25) is 4.79 Å². The second kappa shape index (κ2) is 6.48. The van der Waals surface area contributed by atoms with E-state index in [4.69, 9.17) is 11.6 Å². The van der Waals surface area contributed by atoms with Crippen LogP contribution in [0.4, 0.5) is 4.39 Å². The Morgan fingerprint density at radius 2 is 2.25 bits per heavy atom. The summed E-state index contributed by atoms with van der Waals surface area (Å²) in [5, 5.41) is 2.72. The molecule has 88 valence electrons. The molecule has 4 heteroatoms. The summed E-state index contributed by atoms with van der Waals surface area (Å²) in [6.07, 6.45) is 1.08. The van der Waals surface area contributed by atoms with Crippen LogP contribution in [0.25, 0.3) is 0 Å². The monoisotopic (exact) mass is 243 g/mol. The van der Waals surface area contributed by atoms with E-state index < -0.39 is 0 Å². The Kier molecular flexibility index (Phi) is 5.26. The molecule has 0 heterocycles. The quantitative estimate of drug-likeness (QED) is 0.792. The minimum Gasteiger partial charge on any atom is -0.352 e. The first-order chi connectivity index (χ1) is 7.63. The van der Waals surface area contributed by atoms with Crippen molar-refractivity contribution in [1.29, 1.82) is 0 Å². The van der Waals surface area contributed by atoms with Crippen molar-refractivity contribution in [2.24, 2.45) is 0 Å². The maximum Gasteiger partial charge on any atom is 0.220 e. The summed E-state index contributed by atoms with van der Waals surface area (Å²) in [4.78, 5) is 11.3. The molecule has 0 radical (unpaired) electrons. The molecule has 0 aliphatic carbocycles. The molecule has 0 spiro atoms. The number of carbonyl (C=O) groups excluding carboxylic acids is 1. The molecule has 2 nitrogen and oxygen atoms in total. The van der Waals surface area contributed by atoms with Crippen molar-refractivity contribution >= 4 is 17.5 Å². The van der Waals surface area contributed by atoms with Gasteiger partial charge in [-0.1, -0.05) is 12.1 Å². The standard InChI is InChI=1S/C12H15ClFNO/c1-9-4-5-10(7-11(9)14)8-15-12(16)3-2-6-13/h4-5,7H,2-3,6,8H2,1H3,(H,15,16). The molecule has 0 saturated carbocycles. The van der Waals surface area contributed by atoms with Crippen molar-refractivity contribution in [1.82, 2.24) is 5.32 Å². The predicted molar refractivity (Wildman–Crippen MR) is 62.9 cm³/mol. The van der Waals surface area contributed by atoms with Gasteiger partial charge in [0.2, 0.25) is 5.91 Å². The summed E-state index contributed by atoms with van der Waals surface area (Å²) < 4.78 is 13.2. The van der Waals surface area contributed by atoms with Gasteiger partial charge in [0.05, 0.1) is 0 Å². The number of halogens is 2. The zero-order chi connectivity index (χ0) is 12.0. The molecule has 0 fully saturated rings. The zero-order valence-electron chi connectivity index (χ0n) is 9.22. The molecule has 0 bridgehead atoms. The van der Waals surface area contributed by atoms with Crippen LogP contribution in [0.3, 0.4) is 0 Å². The van der Waals surface area contributed by atoms with E-state index in [0.717, 1.165) is 5.56 Å². The Balaban J connectivity index is 2.42. The van der Waals surface area contributed by atoms with E-state index in [2.05, 4.69) is 5.32 Å². The van der Waals surface area contributed by atoms with Gasteiger partial charge in [0.15, 0.2) is 0 Å². The highest BCUT2D eigenvalue weighted by Gasteiger charge is 2.02. The highest BCUT2D eigenvalue weighted by Crippen LogP contribution is 2.08. The third-order valence-corrected chi connectivity index (χ3v) is 2.53. The van der Waals surface area contributed by atoms with Crippen LogP contribution < -0.4 is 5.32 Å². The van der Waals surface area contributed by atoms with Crippen LogP contribution >= 0.6 is 11.6 Å². The summed E-state index contributed by atoms with van der Waals surface area (Å²) in [7, 11) is 0. The highest BCUT2D eigenvalue weighted by atomic mass is 35.5. The largest absolute Gasteiger partial charge is 0.352 e. The van der Waals surface area contributed by atoms with Crippen molar-refractivity contribution < 1.29 is 9.18 Å². The van der Waals surface area contributed by atoms with Crippen LogP contribution in [-0.4, -0.2) is 11.8 Å². The first kappa shape index (κ1) is 13.0. The topological polar surface area (TPSA) is 29.1 Å². The molecule has 1 N–H and O–H groups in total. The van der Waals surface area contributed by atoms with Crippen LogP contribution in [0, 0.1) is 12.7 Å². The number of amides is 1. The molecule has 0 aliphatic rings. The SMILES string of the molecule is Cc1ccc(CNC(=O)CCCCl)cc1F. The van der Waals surface area contributed by atoms with Crippen LogP contribution in [0.2, 0.25) is 0 Å². The normalized spacial score (nSPS) is 10.2. The van der Waals surface area contributed by atoms with Gasteiger partial charge in [-0.15, -0.1) is 11.6 Å². The number of hydrogen-bond acceptors (Lipinski definition) is 1. The maximum absolute atomic E-state index is 13.2. The number of nitrogens with one attached hydrogen (secondary N) is 1. The number of aryl methyl sites for hydroxylation is 1. The molecule has 0 atom stereocenters. The molecule has 0 aliphatic heterocycles. The average molecular weight is 244 g/mol. The Morgan fingerprint density at radius 1 is 1.50 bits per heavy atom. The average Bonchev–Trinajstić information content (AvgIpc) is 2.28. The van der Waals surface area contributed by atoms with E-state index in [1.807, 2.05) is 0 Å². The van der Waals surface area contributed by atoms with Crippen molar-refractivity contribution in [3.8, 4) is 0 Å². The van der Waals surface area contributed by atoms with Gasteiger partial charge in [-0.05, 0) is 30.5 Å². The lowest BCUT2D eigenvalue weighted by molar-refractivity contribution is -0.121. The van der Waals surface area contributed by atoms with E-state index >= 15 is 0 Å². The molecule has 0 saturated heterocycles. The Bertz CT molecular complexity index is 368. The van der Waals surface area contributed by atoms with Crippen LogP contribution in [0.1, 0.15) is 24.0 Å². The van der Waals surface area contributed by atoms with Crippen LogP contribution in [0.15, 0.2) is 18.2 Å². The lowest BCUT2D eigenvalue weighted by Crippen LogP contribution is -2.22. The van der Waals surface area contributed by atoms with Crippen molar-refractivity contribution in [3.63, 3.8) is 0 Å². The van der Waals surface area contributed by atoms with Gasteiger partial charge in [0, 0.05) is 18.8 Å². The summed E-state index contributed by atoms with van der Waals surface area (Å²) >= 11 is 5.47. The molecule has 1 amide bonds. The fraction of sp³-hybridized carbons (Fsp3) is 0.417. The number of carbonyl (C=O) groups is 1. The van der Waals surface area contributed by atoms with Gasteiger partial charge in [-0.2, -0.15) is 0 Å². The van der Waals surface area contributed by atoms with Gasteiger partial charge in [0.25, 0.3) is 0 Å². The molecule has 0 unspecified atom stereocenters. The van der Waals surface area contributed by atoms with E-state index in [0.29, 0.717) is 30.8 Å². The van der Waals surface area contributed by atoms with Crippen LogP contribution in [0.5, 0.6) is 0 Å². The fourth-order valence-electron chi connectivity index (χ4n) is 1.26. The molecule has 16 heavy (non-hydrogen) atoms. The van der Waals surface area contributed by atoms with Gasteiger partial charge < -0.3 is 5.32 Å². The fourth-order valence-corrected chi connectivity index (χ4v) is 1.40. The second-order valence-corrected chi connectivity index (χ2v) is 4.03. The minimum absolute atomic E-state index is 0.0540. The molecule has 1 aromatic carbocycles. The zero-order valence-corrected chi connectivity index (χ0v) is 9.98. The molecular weight excluding hydrogens is 229 g/mol. The van der Waals surface area contributed by atoms with Crippen molar-refractivity contribution in [2.45, 2.75) is 26.3 Å². The minimum atomic E-state index is -0.243. The molecule has 1 aromatic rings. The summed E-state index contributed by atoms with van der Waals surface area (Å²) in [6.45, 7) is 2.07. The predicted octanol–water partition coefficient (Wildman–Crippen LogP) is 2.77. The number of rotatable bonds is 5. The lowest BCUT2D eigenvalue weighted by atomic mass is 10.1. The summed E-state index contributed by atoms with van der Waals surface area (Å²) in [5.41, 5.74) is 1.37. The first-order valence-corrected chi connectivity index (χ1v) is 5.74. The van der Waals surface area contributed by atoms with E-state index in [-0.39, 0.29) is 11.7 Å². The smallest absolute Gasteiger partial charge is 0.220 e. The molecular formula is C12H15ClFNO. The van der Waals surface area contributed by atoms with Gasteiger partial charge in [0.1, 0.15) is 5.82 Å². The third-order valence-electron chi connectivity index (χ3n) is 2.26. The first-order valence-electron chi connectivity index (χ1n) is 5.21. The van der Waals surface area contributed by atoms with Crippen LogP contribution in [-0.2, 0) is 11.3 Å². The summed E-state index contributed by atoms with van der Waals surface area (Å²) in [6, 6.07) is 4.95. The van der Waals surface area contributed by atoms with E-state index in [9.17, 15) is 9.18 Å². The number of alkyl halides is 1.